The standard InChI is InChI=1S/C20H14ClF3N2O5/c1-30-15-7-6-14(27)16(25-15)19(29)11-4-2-3-5-13(11)26(18(19)28)9-10-8-12(21)17(31-10)20(22,23)24/h2-8,27,29H,9H2,1H3. The van der Waals surface area contributed by atoms with Crippen LogP contribution in [0.2, 0.25) is 5.02 Å². The Morgan fingerprint density at radius 2 is 1.97 bits per heavy atom. The lowest BCUT2D eigenvalue weighted by Gasteiger charge is -2.23. The van der Waals surface area contributed by atoms with E-state index in [1.54, 1.807) is 12.1 Å². The lowest BCUT2D eigenvalue weighted by Crippen LogP contribution is -2.41. The van der Waals surface area contributed by atoms with Crippen molar-refractivity contribution >= 4 is 23.2 Å². The Hall–Kier alpha value is -3.24. The Morgan fingerprint density at radius 1 is 1.26 bits per heavy atom. The van der Waals surface area contributed by atoms with Crippen molar-refractivity contribution in [3.8, 4) is 11.6 Å². The molecule has 0 aliphatic carbocycles. The molecule has 1 aliphatic heterocycles. The van der Waals surface area contributed by atoms with Crippen LogP contribution in [-0.2, 0) is 23.1 Å². The first-order valence-electron chi connectivity index (χ1n) is 8.81. The van der Waals surface area contributed by atoms with E-state index in [1.165, 1.54) is 31.4 Å². The van der Waals surface area contributed by atoms with Crippen LogP contribution in [-0.4, -0.2) is 28.2 Å². The number of alkyl halides is 3. The fourth-order valence-corrected chi connectivity index (χ4v) is 3.75. The maximum Gasteiger partial charge on any atom is 0.451 e. The summed E-state index contributed by atoms with van der Waals surface area (Å²) in [5.41, 5.74) is -2.48. The second-order valence-electron chi connectivity index (χ2n) is 6.73. The lowest BCUT2D eigenvalue weighted by atomic mass is 9.90. The molecule has 2 aromatic heterocycles. The molecule has 1 amide bonds. The van der Waals surface area contributed by atoms with Gasteiger partial charge in [0.2, 0.25) is 17.2 Å². The van der Waals surface area contributed by atoms with Gasteiger partial charge in [0.1, 0.15) is 17.2 Å². The Bertz CT molecular complexity index is 1180. The molecule has 0 saturated heterocycles. The van der Waals surface area contributed by atoms with Gasteiger partial charge in [-0.15, -0.1) is 0 Å². The van der Waals surface area contributed by atoms with Crippen molar-refractivity contribution in [2.45, 2.75) is 18.3 Å². The van der Waals surface area contributed by atoms with E-state index in [4.69, 9.17) is 20.8 Å². The van der Waals surface area contributed by atoms with Gasteiger partial charge < -0.3 is 24.3 Å². The van der Waals surface area contributed by atoms with Crippen LogP contribution >= 0.6 is 11.6 Å². The maximum atomic E-state index is 13.3. The van der Waals surface area contributed by atoms with Gasteiger partial charge in [-0.25, -0.2) is 4.98 Å². The fraction of sp³-hybridized carbons (Fsp3) is 0.200. The molecule has 0 saturated carbocycles. The summed E-state index contributed by atoms with van der Waals surface area (Å²) in [5.74, 6) is -2.99. The summed E-state index contributed by atoms with van der Waals surface area (Å²) in [4.78, 5) is 18.4. The molecule has 0 spiro atoms. The van der Waals surface area contributed by atoms with Gasteiger partial charge in [0.05, 0.1) is 24.4 Å². The van der Waals surface area contributed by atoms with Gasteiger partial charge in [-0.2, -0.15) is 13.2 Å². The minimum Gasteiger partial charge on any atom is -0.506 e. The maximum absolute atomic E-state index is 13.3. The first-order chi connectivity index (χ1) is 14.6. The van der Waals surface area contributed by atoms with Crippen molar-refractivity contribution in [1.82, 2.24) is 4.98 Å². The number of anilines is 1. The van der Waals surface area contributed by atoms with Crippen LogP contribution < -0.4 is 9.64 Å². The fourth-order valence-electron chi connectivity index (χ4n) is 3.48. The highest BCUT2D eigenvalue weighted by Crippen LogP contribution is 2.47. The zero-order valence-electron chi connectivity index (χ0n) is 15.8. The first-order valence-corrected chi connectivity index (χ1v) is 9.19. The molecular weight excluding hydrogens is 441 g/mol. The Morgan fingerprint density at radius 3 is 2.61 bits per heavy atom. The number of halogens is 4. The molecule has 0 radical (unpaired) electrons. The van der Waals surface area contributed by atoms with Gasteiger partial charge >= 0.3 is 6.18 Å². The quantitative estimate of drug-likeness (QED) is 0.622. The molecule has 1 atom stereocenters. The van der Waals surface area contributed by atoms with Crippen molar-refractivity contribution in [2.75, 3.05) is 12.0 Å². The molecule has 1 aromatic carbocycles. The van der Waals surface area contributed by atoms with Gasteiger partial charge in [-0.05, 0) is 12.1 Å². The van der Waals surface area contributed by atoms with Crippen molar-refractivity contribution in [2.24, 2.45) is 0 Å². The number of aromatic nitrogens is 1. The summed E-state index contributed by atoms with van der Waals surface area (Å²) in [6, 6.07) is 9.60. The van der Waals surface area contributed by atoms with Crippen molar-refractivity contribution in [1.29, 1.82) is 0 Å². The third-order valence-electron chi connectivity index (χ3n) is 4.85. The number of hydrogen-bond donors (Lipinski definition) is 2. The molecular formula is C20H14ClF3N2O5. The zero-order chi connectivity index (χ0) is 22.6. The number of aliphatic hydroxyl groups is 1. The number of carbonyl (C=O) groups is 1. The molecule has 3 aromatic rings. The highest BCUT2D eigenvalue weighted by Gasteiger charge is 2.54. The highest BCUT2D eigenvalue weighted by molar-refractivity contribution is 6.31. The number of benzene rings is 1. The van der Waals surface area contributed by atoms with Crippen molar-refractivity contribution < 1.29 is 37.3 Å². The average Bonchev–Trinajstić information content (AvgIpc) is 3.20. The predicted molar refractivity (Wildman–Crippen MR) is 102 cm³/mol. The van der Waals surface area contributed by atoms with Crippen molar-refractivity contribution in [3.63, 3.8) is 0 Å². The molecule has 0 bridgehead atoms. The molecule has 162 valence electrons. The first kappa shape index (κ1) is 21.0. The molecule has 7 nitrogen and oxygen atoms in total. The third-order valence-corrected chi connectivity index (χ3v) is 5.13. The SMILES string of the molecule is COc1ccc(O)c(C2(O)C(=O)N(Cc3cc(Cl)c(C(F)(F)F)o3)c3ccccc32)n1. The van der Waals surface area contributed by atoms with Crippen molar-refractivity contribution in [3.05, 3.63) is 70.3 Å². The monoisotopic (exact) mass is 454 g/mol. The molecule has 1 aliphatic rings. The van der Waals surface area contributed by atoms with Gasteiger partial charge in [-0.1, -0.05) is 29.8 Å². The molecule has 1 unspecified atom stereocenters. The Kier molecular flexibility index (Phi) is 4.86. The second kappa shape index (κ2) is 7.17. The van der Waals surface area contributed by atoms with E-state index >= 15 is 0 Å². The van der Waals surface area contributed by atoms with E-state index in [0.717, 1.165) is 11.0 Å². The summed E-state index contributed by atoms with van der Waals surface area (Å²) in [6.07, 6.45) is -4.81. The van der Waals surface area contributed by atoms with E-state index < -0.39 is 40.8 Å². The number of para-hydroxylation sites is 1. The summed E-state index contributed by atoms with van der Waals surface area (Å²) >= 11 is 5.63. The molecule has 2 N–H and O–H groups in total. The van der Waals surface area contributed by atoms with Crippen LogP contribution in [0.5, 0.6) is 11.6 Å². The zero-order valence-corrected chi connectivity index (χ0v) is 16.5. The van der Waals surface area contributed by atoms with Crippen LogP contribution in [0.4, 0.5) is 18.9 Å². The molecule has 11 heteroatoms. The van der Waals surface area contributed by atoms with Gasteiger partial charge in [0, 0.05) is 17.7 Å². The smallest absolute Gasteiger partial charge is 0.451 e. The van der Waals surface area contributed by atoms with E-state index in [2.05, 4.69) is 4.98 Å². The number of rotatable bonds is 4. The molecule has 31 heavy (non-hydrogen) atoms. The molecule has 4 rings (SSSR count). The predicted octanol–water partition coefficient (Wildman–Crippen LogP) is 3.84. The number of nitrogens with zero attached hydrogens (tertiary/aromatic N) is 2. The molecule has 0 fully saturated rings. The summed E-state index contributed by atoms with van der Waals surface area (Å²) in [7, 11) is 1.32. The van der Waals surface area contributed by atoms with Crippen LogP contribution in [0.1, 0.15) is 22.8 Å². The minimum absolute atomic E-state index is 0.0394. The van der Waals surface area contributed by atoms with E-state index in [-0.39, 0.29) is 28.6 Å². The summed E-state index contributed by atoms with van der Waals surface area (Å²) < 4.78 is 48.8. The largest absolute Gasteiger partial charge is 0.506 e. The molecule has 3 heterocycles. The minimum atomic E-state index is -4.81. The summed E-state index contributed by atoms with van der Waals surface area (Å²) in [6.45, 7) is -0.446. The highest BCUT2D eigenvalue weighted by atomic mass is 35.5. The average molecular weight is 455 g/mol. The number of carbonyl (C=O) groups excluding carboxylic acids is 1. The van der Waals surface area contributed by atoms with E-state index in [9.17, 15) is 28.2 Å². The number of aromatic hydroxyl groups is 1. The number of amides is 1. The normalized spacial score (nSPS) is 18.4. The number of hydrogen-bond acceptors (Lipinski definition) is 6. The third kappa shape index (κ3) is 3.28. The number of pyridine rings is 1. The lowest BCUT2D eigenvalue weighted by molar-refractivity contribution is -0.153. The van der Waals surface area contributed by atoms with Crippen LogP contribution in [0.25, 0.3) is 0 Å². The van der Waals surface area contributed by atoms with E-state index in [1.807, 2.05) is 0 Å². The van der Waals surface area contributed by atoms with Crippen LogP contribution in [0, 0.1) is 0 Å². The van der Waals surface area contributed by atoms with E-state index in [0.29, 0.717) is 0 Å². The number of fused-ring (bicyclic) bond motifs is 1. The van der Waals surface area contributed by atoms with Gasteiger partial charge in [-0.3, -0.25) is 4.79 Å². The summed E-state index contributed by atoms with van der Waals surface area (Å²) in [5, 5.41) is 21.1. The number of furan rings is 1. The topological polar surface area (TPSA) is 96.0 Å². The van der Waals surface area contributed by atoms with Gasteiger partial charge in [0.15, 0.2) is 0 Å². The second-order valence-corrected chi connectivity index (χ2v) is 7.13. The van der Waals surface area contributed by atoms with Crippen LogP contribution in [0.15, 0.2) is 46.9 Å². The number of methoxy groups -OCH3 is 1. The Labute approximate surface area is 178 Å². The van der Waals surface area contributed by atoms with Crippen LogP contribution in [0.3, 0.4) is 0 Å². The Balaban J connectivity index is 1.81. The van der Waals surface area contributed by atoms with Gasteiger partial charge in [0.25, 0.3) is 5.91 Å². The number of ether oxygens (including phenoxy) is 1.